The fourth-order valence-corrected chi connectivity index (χ4v) is 5.95. The fraction of sp³-hybridized carbons (Fsp3) is 0.652. The van der Waals surface area contributed by atoms with E-state index in [9.17, 15) is 9.59 Å². The van der Waals surface area contributed by atoms with Crippen molar-refractivity contribution >= 4 is 23.3 Å². The summed E-state index contributed by atoms with van der Waals surface area (Å²) in [6.07, 6.45) is 7.49. The summed E-state index contributed by atoms with van der Waals surface area (Å²) in [5.74, 6) is 0.754. The maximum Gasteiger partial charge on any atom is 0.322 e. The largest absolute Gasteiger partial charge is 0.381 e. The van der Waals surface area contributed by atoms with Crippen LogP contribution in [0.15, 0.2) is 18.2 Å². The molecule has 3 heterocycles. The highest BCUT2D eigenvalue weighted by atomic mass is 16.5. The molecule has 1 N–H and O–H groups in total. The molecule has 29 heavy (non-hydrogen) atoms. The van der Waals surface area contributed by atoms with Crippen molar-refractivity contribution in [1.82, 2.24) is 4.90 Å². The topological polar surface area (TPSA) is 61.9 Å². The SMILES string of the molecule is Cc1cc(NC(=O)N2CC3(CCC3)C2C2CCOCC2)ccc1N1CCCC1=O. The normalized spacial score (nSPS) is 26.4. The maximum absolute atomic E-state index is 13.1. The molecule has 3 amide bonds. The van der Waals surface area contributed by atoms with E-state index in [2.05, 4.69) is 10.2 Å². The summed E-state index contributed by atoms with van der Waals surface area (Å²) < 4.78 is 5.56. The van der Waals surface area contributed by atoms with Gasteiger partial charge in [0.1, 0.15) is 0 Å². The number of amides is 3. The third-order valence-corrected chi connectivity index (χ3v) is 7.58. The van der Waals surface area contributed by atoms with E-state index in [0.29, 0.717) is 23.8 Å². The molecular formula is C23H31N3O3. The van der Waals surface area contributed by atoms with Crippen LogP contribution < -0.4 is 10.2 Å². The van der Waals surface area contributed by atoms with Gasteiger partial charge in [-0.15, -0.1) is 0 Å². The van der Waals surface area contributed by atoms with E-state index in [1.54, 1.807) is 0 Å². The van der Waals surface area contributed by atoms with Crippen molar-refractivity contribution < 1.29 is 14.3 Å². The summed E-state index contributed by atoms with van der Waals surface area (Å²) >= 11 is 0. The highest BCUT2D eigenvalue weighted by molar-refractivity contribution is 5.97. The average Bonchev–Trinajstić information content (AvgIpc) is 3.06. The van der Waals surface area contributed by atoms with E-state index in [-0.39, 0.29) is 11.9 Å². The minimum Gasteiger partial charge on any atom is -0.381 e. The van der Waals surface area contributed by atoms with Crippen LogP contribution in [0.5, 0.6) is 0 Å². The average molecular weight is 398 g/mol. The second-order valence-electron chi connectivity index (χ2n) is 9.32. The molecule has 6 nitrogen and oxygen atoms in total. The molecule has 1 spiro atoms. The zero-order valence-corrected chi connectivity index (χ0v) is 17.3. The van der Waals surface area contributed by atoms with Gasteiger partial charge < -0.3 is 19.9 Å². The van der Waals surface area contributed by atoms with Crippen molar-refractivity contribution in [2.75, 3.05) is 36.5 Å². The van der Waals surface area contributed by atoms with Crippen LogP contribution in [-0.4, -0.2) is 49.2 Å². The number of anilines is 2. The summed E-state index contributed by atoms with van der Waals surface area (Å²) in [5, 5.41) is 3.12. The Morgan fingerprint density at radius 2 is 2.00 bits per heavy atom. The molecule has 156 valence electrons. The lowest BCUT2D eigenvalue weighted by Gasteiger charge is -2.64. The van der Waals surface area contributed by atoms with Crippen LogP contribution in [0.3, 0.4) is 0 Å². The monoisotopic (exact) mass is 397 g/mol. The Kier molecular flexibility index (Phi) is 4.77. The number of aryl methyl sites for hydroxylation is 1. The van der Waals surface area contributed by atoms with E-state index < -0.39 is 0 Å². The molecule has 1 aromatic rings. The van der Waals surface area contributed by atoms with Crippen LogP contribution in [0.25, 0.3) is 0 Å². The van der Waals surface area contributed by atoms with Gasteiger partial charge in [0.25, 0.3) is 0 Å². The Morgan fingerprint density at radius 1 is 1.21 bits per heavy atom. The Morgan fingerprint density at radius 3 is 2.62 bits per heavy atom. The molecule has 4 aliphatic rings. The number of carbonyl (C=O) groups is 2. The second kappa shape index (κ2) is 7.31. The molecule has 0 aromatic heterocycles. The third kappa shape index (κ3) is 3.21. The second-order valence-corrected chi connectivity index (χ2v) is 9.32. The summed E-state index contributed by atoms with van der Waals surface area (Å²) in [5.41, 5.74) is 3.17. The van der Waals surface area contributed by atoms with Crippen LogP contribution in [0.4, 0.5) is 16.2 Å². The summed E-state index contributed by atoms with van der Waals surface area (Å²) in [4.78, 5) is 29.1. The van der Waals surface area contributed by atoms with E-state index in [4.69, 9.17) is 4.74 Å². The summed E-state index contributed by atoms with van der Waals surface area (Å²) in [6, 6.07) is 6.26. The van der Waals surface area contributed by atoms with Crippen LogP contribution in [0.2, 0.25) is 0 Å². The molecule has 6 heteroatoms. The standard InChI is InChI=1S/C23H31N3O3/c1-16-14-18(5-6-19(16)25-11-2-4-20(25)27)24-22(28)26-15-23(9-3-10-23)21(26)17-7-12-29-13-8-17/h5-6,14,17,21H,2-4,7-13,15H2,1H3,(H,24,28). The van der Waals surface area contributed by atoms with Crippen molar-refractivity contribution in [3.63, 3.8) is 0 Å². The summed E-state index contributed by atoms with van der Waals surface area (Å²) in [6.45, 7) is 5.33. The number of benzene rings is 1. The van der Waals surface area contributed by atoms with Gasteiger partial charge in [-0.1, -0.05) is 6.42 Å². The van der Waals surface area contributed by atoms with E-state index in [0.717, 1.165) is 62.5 Å². The van der Waals surface area contributed by atoms with Crippen LogP contribution in [-0.2, 0) is 9.53 Å². The molecule has 1 saturated carbocycles. The first-order valence-electron chi connectivity index (χ1n) is 11.1. The maximum atomic E-state index is 13.1. The lowest BCUT2D eigenvalue weighted by molar-refractivity contribution is -0.135. The zero-order valence-electron chi connectivity index (χ0n) is 17.3. The van der Waals surface area contributed by atoms with Gasteiger partial charge in [-0.3, -0.25) is 4.79 Å². The zero-order chi connectivity index (χ0) is 20.0. The first kappa shape index (κ1) is 18.9. The van der Waals surface area contributed by atoms with Crippen molar-refractivity contribution in [2.45, 2.75) is 57.9 Å². The van der Waals surface area contributed by atoms with Crippen LogP contribution >= 0.6 is 0 Å². The smallest absolute Gasteiger partial charge is 0.322 e. The van der Waals surface area contributed by atoms with Crippen molar-refractivity contribution in [1.29, 1.82) is 0 Å². The molecule has 1 aromatic carbocycles. The van der Waals surface area contributed by atoms with Crippen LogP contribution in [0, 0.1) is 18.3 Å². The third-order valence-electron chi connectivity index (χ3n) is 7.58. The van der Waals surface area contributed by atoms with Gasteiger partial charge in [0.2, 0.25) is 5.91 Å². The Bertz CT molecular complexity index is 814. The number of likely N-dealkylation sites (tertiary alicyclic amines) is 1. The Hall–Kier alpha value is -2.08. The predicted octanol–water partition coefficient (Wildman–Crippen LogP) is 3.93. The van der Waals surface area contributed by atoms with Crippen molar-refractivity contribution in [3.8, 4) is 0 Å². The molecule has 5 rings (SSSR count). The molecule has 3 saturated heterocycles. The quantitative estimate of drug-likeness (QED) is 0.840. The van der Waals surface area contributed by atoms with E-state index >= 15 is 0 Å². The van der Waals surface area contributed by atoms with Gasteiger partial charge in [0, 0.05) is 55.6 Å². The highest BCUT2D eigenvalue weighted by Crippen LogP contribution is 2.56. The molecule has 1 atom stereocenters. The van der Waals surface area contributed by atoms with Crippen molar-refractivity contribution in [3.05, 3.63) is 23.8 Å². The number of carbonyl (C=O) groups excluding carboxylic acids is 2. The van der Waals surface area contributed by atoms with E-state index in [1.165, 1.54) is 19.3 Å². The molecule has 3 aliphatic heterocycles. The number of hydrogen-bond donors (Lipinski definition) is 1. The molecule has 0 radical (unpaired) electrons. The van der Waals surface area contributed by atoms with Gasteiger partial charge in [0.15, 0.2) is 0 Å². The van der Waals surface area contributed by atoms with Gasteiger partial charge in [-0.05, 0) is 68.7 Å². The Labute approximate surface area is 172 Å². The molecule has 1 unspecified atom stereocenters. The van der Waals surface area contributed by atoms with E-state index in [1.807, 2.05) is 30.0 Å². The van der Waals surface area contributed by atoms with Gasteiger partial charge in [-0.25, -0.2) is 4.79 Å². The number of urea groups is 1. The molecular weight excluding hydrogens is 366 g/mol. The highest BCUT2D eigenvalue weighted by Gasteiger charge is 2.59. The van der Waals surface area contributed by atoms with Gasteiger partial charge in [-0.2, -0.15) is 0 Å². The number of hydrogen-bond acceptors (Lipinski definition) is 3. The minimum absolute atomic E-state index is 0.0171. The van der Waals surface area contributed by atoms with Crippen molar-refractivity contribution in [2.24, 2.45) is 11.3 Å². The van der Waals surface area contributed by atoms with Crippen LogP contribution in [0.1, 0.15) is 50.5 Å². The van der Waals surface area contributed by atoms with Gasteiger partial charge in [0.05, 0.1) is 0 Å². The summed E-state index contributed by atoms with van der Waals surface area (Å²) in [7, 11) is 0. The fourth-order valence-electron chi connectivity index (χ4n) is 5.95. The lowest BCUT2D eigenvalue weighted by Crippen LogP contribution is -2.72. The molecule has 1 aliphatic carbocycles. The first-order chi connectivity index (χ1) is 14.1. The molecule has 4 fully saturated rings. The first-order valence-corrected chi connectivity index (χ1v) is 11.1. The lowest BCUT2D eigenvalue weighted by atomic mass is 9.54. The number of ether oxygens (including phenoxy) is 1. The minimum atomic E-state index is 0.0171. The number of nitrogens with one attached hydrogen (secondary N) is 1. The number of nitrogens with zero attached hydrogens (tertiary/aromatic N) is 2. The predicted molar refractivity (Wildman–Crippen MR) is 112 cm³/mol. The number of rotatable bonds is 3. The Balaban J connectivity index is 1.28. The molecule has 0 bridgehead atoms. The van der Waals surface area contributed by atoms with Gasteiger partial charge >= 0.3 is 6.03 Å².